The van der Waals surface area contributed by atoms with Crippen LogP contribution >= 0.6 is 12.4 Å². The molecule has 6 nitrogen and oxygen atoms in total. The van der Waals surface area contributed by atoms with Crippen molar-refractivity contribution in [1.29, 1.82) is 0 Å². The Labute approximate surface area is 134 Å². The molecule has 0 bridgehead atoms. The van der Waals surface area contributed by atoms with E-state index in [4.69, 9.17) is 4.42 Å². The molecule has 0 radical (unpaired) electrons. The minimum absolute atomic E-state index is 0. The van der Waals surface area contributed by atoms with Crippen LogP contribution in [0, 0.1) is 0 Å². The molecule has 1 aromatic carbocycles. The molecule has 7 heteroatoms. The van der Waals surface area contributed by atoms with Gasteiger partial charge in [0.1, 0.15) is 0 Å². The van der Waals surface area contributed by atoms with E-state index in [1.165, 1.54) is 6.26 Å². The zero-order valence-electron chi connectivity index (χ0n) is 12.0. The first-order valence-electron chi connectivity index (χ1n) is 6.68. The maximum atomic E-state index is 12.0. The molecule has 1 atom stereocenters. The lowest BCUT2D eigenvalue weighted by Crippen LogP contribution is -2.24. The number of furan rings is 1. The normalized spacial score (nSPS) is 18.2. The predicted molar refractivity (Wildman–Crippen MR) is 87.6 cm³/mol. The minimum atomic E-state index is -0.259. The largest absolute Gasteiger partial charge is 0.459 e. The summed E-state index contributed by atoms with van der Waals surface area (Å²) >= 11 is 0. The smallest absolute Gasteiger partial charge is 0.291 e. The third-order valence-corrected chi connectivity index (χ3v) is 3.30. The SMILES string of the molecule is CN=C1NCC(c2cccc(NC(=O)c3ccco3)c2)N1.Cl. The average Bonchev–Trinajstić information content (AvgIpc) is 3.19. The number of aliphatic imine (C=N–C) groups is 1. The van der Waals surface area contributed by atoms with E-state index in [-0.39, 0.29) is 24.4 Å². The molecule has 0 spiro atoms. The van der Waals surface area contributed by atoms with Gasteiger partial charge in [0, 0.05) is 19.3 Å². The number of carbonyl (C=O) groups excluding carboxylic acids is 1. The molecule has 2 heterocycles. The van der Waals surface area contributed by atoms with Crippen molar-refractivity contribution in [2.75, 3.05) is 18.9 Å². The summed E-state index contributed by atoms with van der Waals surface area (Å²) < 4.78 is 5.08. The van der Waals surface area contributed by atoms with Crippen LogP contribution in [0.15, 0.2) is 52.1 Å². The Balaban J connectivity index is 0.00000176. The highest BCUT2D eigenvalue weighted by Gasteiger charge is 2.20. The molecule has 1 aliphatic heterocycles. The Bertz CT molecular complexity index is 670. The Morgan fingerprint density at radius 3 is 2.91 bits per heavy atom. The first-order valence-corrected chi connectivity index (χ1v) is 6.68. The molecule has 22 heavy (non-hydrogen) atoms. The van der Waals surface area contributed by atoms with E-state index in [0.29, 0.717) is 5.76 Å². The lowest BCUT2D eigenvalue weighted by molar-refractivity contribution is 0.0996. The molecule has 2 aromatic rings. The van der Waals surface area contributed by atoms with E-state index >= 15 is 0 Å². The number of nitrogens with one attached hydrogen (secondary N) is 3. The molecular weight excluding hydrogens is 304 g/mol. The number of guanidine groups is 1. The summed E-state index contributed by atoms with van der Waals surface area (Å²) in [5.74, 6) is 0.817. The Kier molecular flexibility index (Phi) is 5.06. The number of anilines is 1. The van der Waals surface area contributed by atoms with Crippen LogP contribution in [-0.2, 0) is 0 Å². The van der Waals surface area contributed by atoms with Gasteiger partial charge in [-0.3, -0.25) is 9.79 Å². The standard InChI is InChI=1S/C15H16N4O2.ClH/c1-16-15-17-9-12(19-15)10-4-2-5-11(8-10)18-14(20)13-6-3-7-21-13;/h2-8,12H,9H2,1H3,(H,18,20)(H2,16,17,19);1H. The van der Waals surface area contributed by atoms with Gasteiger partial charge in [-0.05, 0) is 29.8 Å². The monoisotopic (exact) mass is 320 g/mol. The van der Waals surface area contributed by atoms with E-state index in [9.17, 15) is 4.79 Å². The van der Waals surface area contributed by atoms with Gasteiger partial charge in [-0.1, -0.05) is 12.1 Å². The van der Waals surface area contributed by atoms with Gasteiger partial charge in [-0.15, -0.1) is 12.4 Å². The topological polar surface area (TPSA) is 78.7 Å². The summed E-state index contributed by atoms with van der Waals surface area (Å²) in [6.07, 6.45) is 1.48. The number of amides is 1. The van der Waals surface area contributed by atoms with Crippen LogP contribution in [0.1, 0.15) is 22.2 Å². The number of halogens is 1. The molecule has 3 N–H and O–H groups in total. The number of hydrogen-bond acceptors (Lipinski definition) is 3. The first kappa shape index (κ1) is 15.9. The van der Waals surface area contributed by atoms with E-state index in [0.717, 1.165) is 23.8 Å². The van der Waals surface area contributed by atoms with Crippen molar-refractivity contribution in [1.82, 2.24) is 10.6 Å². The summed E-state index contributed by atoms with van der Waals surface area (Å²) in [7, 11) is 1.73. The average molecular weight is 321 g/mol. The second kappa shape index (κ2) is 7.00. The third-order valence-electron chi connectivity index (χ3n) is 3.30. The molecule has 1 saturated heterocycles. The van der Waals surface area contributed by atoms with Crippen molar-refractivity contribution in [2.45, 2.75) is 6.04 Å². The van der Waals surface area contributed by atoms with Crippen LogP contribution < -0.4 is 16.0 Å². The molecule has 1 unspecified atom stereocenters. The zero-order chi connectivity index (χ0) is 14.7. The van der Waals surface area contributed by atoms with Gasteiger partial charge in [-0.2, -0.15) is 0 Å². The van der Waals surface area contributed by atoms with Crippen LogP contribution in [0.25, 0.3) is 0 Å². The fourth-order valence-electron chi connectivity index (χ4n) is 2.24. The third kappa shape index (κ3) is 3.40. The van der Waals surface area contributed by atoms with E-state index in [1.54, 1.807) is 19.2 Å². The van der Waals surface area contributed by atoms with Crippen LogP contribution in [0.5, 0.6) is 0 Å². The summed E-state index contributed by atoms with van der Waals surface area (Å²) in [6, 6.07) is 11.2. The number of nitrogens with zero attached hydrogens (tertiary/aromatic N) is 1. The molecule has 1 fully saturated rings. The zero-order valence-corrected chi connectivity index (χ0v) is 12.8. The van der Waals surface area contributed by atoms with Crippen LogP contribution in [0.2, 0.25) is 0 Å². The van der Waals surface area contributed by atoms with Crippen molar-refractivity contribution in [3.8, 4) is 0 Å². The van der Waals surface area contributed by atoms with Crippen molar-refractivity contribution in [3.05, 3.63) is 54.0 Å². The van der Waals surface area contributed by atoms with Gasteiger partial charge in [0.05, 0.1) is 12.3 Å². The molecule has 116 valence electrons. The lowest BCUT2D eigenvalue weighted by atomic mass is 10.1. The second-order valence-corrected chi connectivity index (χ2v) is 4.71. The van der Waals surface area contributed by atoms with Gasteiger partial charge in [0.15, 0.2) is 11.7 Å². The Hall–Kier alpha value is -2.47. The summed E-state index contributed by atoms with van der Waals surface area (Å²) in [5, 5.41) is 9.27. The highest BCUT2D eigenvalue weighted by atomic mass is 35.5. The van der Waals surface area contributed by atoms with Gasteiger partial charge < -0.3 is 20.4 Å². The molecule has 3 rings (SSSR count). The first-order chi connectivity index (χ1) is 10.3. The lowest BCUT2D eigenvalue weighted by Gasteiger charge is -2.11. The van der Waals surface area contributed by atoms with Gasteiger partial charge in [-0.25, -0.2) is 0 Å². The van der Waals surface area contributed by atoms with E-state index < -0.39 is 0 Å². The highest BCUT2D eigenvalue weighted by Crippen LogP contribution is 2.20. The van der Waals surface area contributed by atoms with Crippen molar-refractivity contribution < 1.29 is 9.21 Å². The number of carbonyl (C=O) groups is 1. The number of benzene rings is 1. The van der Waals surface area contributed by atoms with E-state index in [1.807, 2.05) is 24.3 Å². The predicted octanol–water partition coefficient (Wildman–Crippen LogP) is 2.17. The molecule has 1 aliphatic rings. The molecule has 1 aromatic heterocycles. The fourth-order valence-corrected chi connectivity index (χ4v) is 2.24. The second-order valence-electron chi connectivity index (χ2n) is 4.71. The number of hydrogen-bond donors (Lipinski definition) is 3. The summed E-state index contributed by atoms with van der Waals surface area (Å²) in [5.41, 5.74) is 1.82. The van der Waals surface area contributed by atoms with Gasteiger partial charge in [0.25, 0.3) is 5.91 Å². The van der Waals surface area contributed by atoms with Crippen molar-refractivity contribution >= 4 is 30.0 Å². The fraction of sp³-hybridized carbons (Fsp3) is 0.200. The maximum Gasteiger partial charge on any atom is 0.291 e. The maximum absolute atomic E-state index is 12.0. The molecule has 0 saturated carbocycles. The van der Waals surface area contributed by atoms with Crippen LogP contribution in [0.4, 0.5) is 5.69 Å². The van der Waals surface area contributed by atoms with Gasteiger partial charge >= 0.3 is 0 Å². The van der Waals surface area contributed by atoms with Crippen molar-refractivity contribution in [2.24, 2.45) is 4.99 Å². The Morgan fingerprint density at radius 2 is 2.23 bits per heavy atom. The van der Waals surface area contributed by atoms with Crippen LogP contribution in [0.3, 0.4) is 0 Å². The molecular formula is C15H17ClN4O2. The van der Waals surface area contributed by atoms with Gasteiger partial charge in [0.2, 0.25) is 0 Å². The molecule has 1 amide bonds. The van der Waals surface area contributed by atoms with E-state index in [2.05, 4.69) is 20.9 Å². The molecule has 0 aliphatic carbocycles. The summed E-state index contributed by atoms with van der Waals surface area (Å²) in [6.45, 7) is 0.766. The number of rotatable bonds is 3. The summed E-state index contributed by atoms with van der Waals surface area (Å²) in [4.78, 5) is 16.0. The minimum Gasteiger partial charge on any atom is -0.459 e. The van der Waals surface area contributed by atoms with Crippen molar-refractivity contribution in [3.63, 3.8) is 0 Å². The van der Waals surface area contributed by atoms with Crippen LogP contribution in [-0.4, -0.2) is 25.5 Å². The highest BCUT2D eigenvalue weighted by molar-refractivity contribution is 6.02. The quantitative estimate of drug-likeness (QED) is 0.810. The Morgan fingerprint density at radius 1 is 1.36 bits per heavy atom.